The molecule has 1 aromatic carbocycles. The Bertz CT molecular complexity index is 694. The Balaban J connectivity index is 1.74. The first-order valence-corrected chi connectivity index (χ1v) is 7.82. The van der Waals surface area contributed by atoms with Crippen molar-refractivity contribution in [2.75, 3.05) is 23.3 Å². The molecule has 1 aliphatic heterocycles. The molecule has 1 aromatic heterocycles. The standard InChI is InChI=1S/C17H20N4O2/c1-12-15(16(23)20-13-5-7-14(22)8-6-13)11-18-17(19-12)21-9-3-2-4-10-21/h5-8,11,22H,2-4,9-10H2,1H3,(H,20,23). The van der Waals surface area contributed by atoms with Gasteiger partial charge in [0.2, 0.25) is 5.95 Å². The molecule has 3 rings (SSSR count). The monoisotopic (exact) mass is 312 g/mol. The zero-order chi connectivity index (χ0) is 16.2. The zero-order valence-corrected chi connectivity index (χ0v) is 13.1. The van der Waals surface area contributed by atoms with E-state index in [1.165, 1.54) is 18.6 Å². The number of carbonyl (C=O) groups excluding carboxylic acids is 1. The Morgan fingerprint density at radius 2 is 1.87 bits per heavy atom. The van der Waals surface area contributed by atoms with Gasteiger partial charge in [0.1, 0.15) is 5.75 Å². The number of benzene rings is 1. The van der Waals surface area contributed by atoms with Gasteiger partial charge in [-0.2, -0.15) is 0 Å². The molecule has 120 valence electrons. The van der Waals surface area contributed by atoms with E-state index in [2.05, 4.69) is 20.2 Å². The molecule has 0 saturated carbocycles. The van der Waals surface area contributed by atoms with Gasteiger partial charge >= 0.3 is 0 Å². The highest BCUT2D eigenvalue weighted by Crippen LogP contribution is 2.18. The van der Waals surface area contributed by atoms with Crippen LogP contribution in [0.4, 0.5) is 11.6 Å². The molecule has 1 amide bonds. The summed E-state index contributed by atoms with van der Waals surface area (Å²) in [6.07, 6.45) is 5.15. The zero-order valence-electron chi connectivity index (χ0n) is 13.1. The van der Waals surface area contributed by atoms with Crippen molar-refractivity contribution in [2.24, 2.45) is 0 Å². The molecule has 2 aromatic rings. The summed E-state index contributed by atoms with van der Waals surface area (Å²) in [5, 5.41) is 12.1. The maximum Gasteiger partial charge on any atom is 0.259 e. The van der Waals surface area contributed by atoms with Crippen LogP contribution in [-0.2, 0) is 0 Å². The molecule has 1 saturated heterocycles. The van der Waals surface area contributed by atoms with Gasteiger partial charge in [0.15, 0.2) is 0 Å². The fraction of sp³-hybridized carbons (Fsp3) is 0.353. The number of nitrogens with zero attached hydrogens (tertiary/aromatic N) is 3. The number of hydrogen-bond acceptors (Lipinski definition) is 5. The molecule has 2 heterocycles. The number of phenolic OH excluding ortho intramolecular Hbond substituents is 1. The van der Waals surface area contributed by atoms with E-state index < -0.39 is 0 Å². The van der Waals surface area contributed by atoms with E-state index in [9.17, 15) is 9.90 Å². The van der Waals surface area contributed by atoms with Crippen LogP contribution in [0.3, 0.4) is 0 Å². The third-order valence-corrected chi connectivity index (χ3v) is 3.98. The third kappa shape index (κ3) is 3.59. The van der Waals surface area contributed by atoms with Crippen molar-refractivity contribution in [1.29, 1.82) is 0 Å². The summed E-state index contributed by atoms with van der Waals surface area (Å²) in [4.78, 5) is 23.3. The minimum atomic E-state index is -0.251. The number of aromatic nitrogens is 2. The molecule has 0 aliphatic carbocycles. The third-order valence-electron chi connectivity index (χ3n) is 3.98. The minimum absolute atomic E-state index is 0.161. The number of phenols is 1. The van der Waals surface area contributed by atoms with Crippen LogP contribution >= 0.6 is 0 Å². The fourth-order valence-electron chi connectivity index (χ4n) is 2.67. The Morgan fingerprint density at radius 3 is 2.52 bits per heavy atom. The second-order valence-corrected chi connectivity index (χ2v) is 5.72. The van der Waals surface area contributed by atoms with Crippen LogP contribution in [0, 0.1) is 6.92 Å². The minimum Gasteiger partial charge on any atom is -0.508 e. The predicted molar refractivity (Wildman–Crippen MR) is 88.9 cm³/mol. The average Bonchev–Trinajstić information content (AvgIpc) is 2.57. The summed E-state index contributed by atoms with van der Waals surface area (Å²) >= 11 is 0. The van der Waals surface area contributed by atoms with Gasteiger partial charge in [0.25, 0.3) is 5.91 Å². The SMILES string of the molecule is Cc1nc(N2CCCCC2)ncc1C(=O)Nc1ccc(O)cc1. The predicted octanol–water partition coefficient (Wildman–Crippen LogP) is 2.73. The number of carbonyl (C=O) groups is 1. The first kappa shape index (κ1) is 15.3. The highest BCUT2D eigenvalue weighted by atomic mass is 16.3. The highest BCUT2D eigenvalue weighted by Gasteiger charge is 2.17. The van der Waals surface area contributed by atoms with Crippen molar-refractivity contribution in [3.8, 4) is 5.75 Å². The van der Waals surface area contributed by atoms with Crippen molar-refractivity contribution < 1.29 is 9.90 Å². The van der Waals surface area contributed by atoms with E-state index in [0.717, 1.165) is 25.9 Å². The number of amides is 1. The Morgan fingerprint density at radius 1 is 1.17 bits per heavy atom. The number of hydrogen-bond donors (Lipinski definition) is 2. The Labute approximate surface area is 135 Å². The van der Waals surface area contributed by atoms with Crippen LogP contribution in [0.15, 0.2) is 30.5 Å². The van der Waals surface area contributed by atoms with E-state index in [1.807, 2.05) is 6.92 Å². The van der Waals surface area contributed by atoms with Crippen LogP contribution in [0.1, 0.15) is 35.3 Å². The topological polar surface area (TPSA) is 78.4 Å². The lowest BCUT2D eigenvalue weighted by Gasteiger charge is -2.26. The van der Waals surface area contributed by atoms with E-state index in [1.54, 1.807) is 18.3 Å². The van der Waals surface area contributed by atoms with Crippen LogP contribution < -0.4 is 10.2 Å². The van der Waals surface area contributed by atoms with Crippen molar-refractivity contribution in [2.45, 2.75) is 26.2 Å². The second kappa shape index (κ2) is 6.64. The summed E-state index contributed by atoms with van der Waals surface area (Å²) < 4.78 is 0. The lowest BCUT2D eigenvalue weighted by Crippen LogP contribution is -2.31. The lowest BCUT2D eigenvalue weighted by molar-refractivity contribution is 0.102. The molecular formula is C17H20N4O2. The number of aryl methyl sites for hydroxylation is 1. The van der Waals surface area contributed by atoms with Gasteiger partial charge in [-0.3, -0.25) is 4.79 Å². The summed E-state index contributed by atoms with van der Waals surface area (Å²) in [5.74, 6) is 0.607. The van der Waals surface area contributed by atoms with Gasteiger partial charge < -0.3 is 15.3 Å². The molecule has 0 unspecified atom stereocenters. The van der Waals surface area contributed by atoms with E-state index >= 15 is 0 Å². The van der Waals surface area contributed by atoms with Gasteiger partial charge in [-0.1, -0.05) is 0 Å². The van der Waals surface area contributed by atoms with E-state index in [0.29, 0.717) is 22.9 Å². The van der Waals surface area contributed by atoms with E-state index in [-0.39, 0.29) is 11.7 Å². The van der Waals surface area contributed by atoms with Crippen LogP contribution in [0.2, 0.25) is 0 Å². The molecule has 6 nitrogen and oxygen atoms in total. The van der Waals surface area contributed by atoms with Gasteiger partial charge in [-0.25, -0.2) is 9.97 Å². The molecule has 23 heavy (non-hydrogen) atoms. The lowest BCUT2D eigenvalue weighted by atomic mass is 10.1. The molecule has 6 heteroatoms. The molecule has 0 radical (unpaired) electrons. The van der Waals surface area contributed by atoms with Crippen LogP contribution in [0.25, 0.3) is 0 Å². The highest BCUT2D eigenvalue weighted by molar-refractivity contribution is 6.04. The van der Waals surface area contributed by atoms with Crippen molar-refractivity contribution >= 4 is 17.5 Å². The molecule has 0 bridgehead atoms. The van der Waals surface area contributed by atoms with Crippen LogP contribution in [-0.4, -0.2) is 34.1 Å². The largest absolute Gasteiger partial charge is 0.508 e. The molecule has 2 N–H and O–H groups in total. The molecular weight excluding hydrogens is 292 g/mol. The summed E-state index contributed by atoms with van der Waals surface area (Å²) in [5.41, 5.74) is 1.74. The summed E-state index contributed by atoms with van der Waals surface area (Å²) in [6.45, 7) is 3.76. The molecule has 0 spiro atoms. The van der Waals surface area contributed by atoms with Gasteiger partial charge in [-0.15, -0.1) is 0 Å². The van der Waals surface area contributed by atoms with Gasteiger partial charge in [0.05, 0.1) is 11.3 Å². The second-order valence-electron chi connectivity index (χ2n) is 5.72. The Kier molecular flexibility index (Phi) is 4.41. The summed E-state index contributed by atoms with van der Waals surface area (Å²) in [7, 11) is 0. The number of nitrogens with one attached hydrogen (secondary N) is 1. The normalized spacial score (nSPS) is 14.6. The first-order chi connectivity index (χ1) is 11.1. The number of piperidine rings is 1. The number of aromatic hydroxyl groups is 1. The quantitative estimate of drug-likeness (QED) is 0.852. The van der Waals surface area contributed by atoms with Gasteiger partial charge in [-0.05, 0) is 50.5 Å². The molecule has 1 aliphatic rings. The first-order valence-electron chi connectivity index (χ1n) is 7.82. The maximum absolute atomic E-state index is 12.3. The number of rotatable bonds is 3. The number of anilines is 2. The van der Waals surface area contributed by atoms with Crippen molar-refractivity contribution in [1.82, 2.24) is 9.97 Å². The van der Waals surface area contributed by atoms with Gasteiger partial charge in [0, 0.05) is 25.0 Å². The van der Waals surface area contributed by atoms with E-state index in [4.69, 9.17) is 0 Å². The smallest absolute Gasteiger partial charge is 0.259 e. The van der Waals surface area contributed by atoms with Crippen molar-refractivity contribution in [3.63, 3.8) is 0 Å². The average molecular weight is 312 g/mol. The molecule has 0 atom stereocenters. The van der Waals surface area contributed by atoms with Crippen molar-refractivity contribution in [3.05, 3.63) is 41.7 Å². The fourth-order valence-corrected chi connectivity index (χ4v) is 2.67. The van der Waals surface area contributed by atoms with Crippen LogP contribution in [0.5, 0.6) is 5.75 Å². The Hall–Kier alpha value is -2.63. The molecule has 1 fully saturated rings. The maximum atomic E-state index is 12.3. The summed E-state index contributed by atoms with van der Waals surface area (Å²) in [6, 6.07) is 6.34.